The molecule has 2 heterocycles. The average molecular weight is 156 g/mol. The van der Waals surface area contributed by atoms with Gasteiger partial charge in [-0.15, -0.1) is 0 Å². The normalized spacial score (nSPS) is 57.6. The van der Waals surface area contributed by atoms with Crippen LogP contribution >= 0.6 is 0 Å². The van der Waals surface area contributed by atoms with Crippen LogP contribution in [-0.2, 0) is 14.3 Å². The number of rotatable bonds is 1. The Morgan fingerprint density at radius 1 is 1.64 bits per heavy atom. The van der Waals surface area contributed by atoms with E-state index < -0.39 is 17.4 Å². The van der Waals surface area contributed by atoms with Crippen molar-refractivity contribution in [2.75, 3.05) is 0 Å². The van der Waals surface area contributed by atoms with E-state index in [1.54, 1.807) is 0 Å². The van der Waals surface area contributed by atoms with Crippen molar-refractivity contribution in [1.82, 2.24) is 0 Å². The van der Waals surface area contributed by atoms with E-state index in [0.29, 0.717) is 6.42 Å². The van der Waals surface area contributed by atoms with Crippen LogP contribution in [0.2, 0.25) is 0 Å². The van der Waals surface area contributed by atoms with Crippen molar-refractivity contribution in [1.29, 1.82) is 0 Å². The van der Waals surface area contributed by atoms with Crippen molar-refractivity contribution in [3.05, 3.63) is 0 Å². The smallest absolute Gasteiger partial charge is 0.341 e. The van der Waals surface area contributed by atoms with Crippen LogP contribution in [0, 0.1) is 0 Å². The highest BCUT2D eigenvalue weighted by molar-refractivity contribution is 5.84. The number of hydrogen-bond acceptors (Lipinski definition) is 3. The van der Waals surface area contributed by atoms with Gasteiger partial charge in [-0.2, -0.15) is 0 Å². The summed E-state index contributed by atoms with van der Waals surface area (Å²) in [4.78, 5) is 10.7. The molecule has 0 aromatic heterocycles. The van der Waals surface area contributed by atoms with Gasteiger partial charge in [0, 0.05) is 0 Å². The van der Waals surface area contributed by atoms with Crippen molar-refractivity contribution >= 4 is 5.97 Å². The van der Waals surface area contributed by atoms with Crippen molar-refractivity contribution in [3.8, 4) is 0 Å². The Bertz CT molecular complexity index is 247. The summed E-state index contributed by atoms with van der Waals surface area (Å²) in [5.74, 6) is -1.53. The van der Waals surface area contributed by atoms with Gasteiger partial charge in [0.15, 0.2) is 0 Å². The highest BCUT2D eigenvalue weighted by Gasteiger charge is 2.90. The van der Waals surface area contributed by atoms with E-state index in [-0.39, 0.29) is 6.10 Å². The van der Waals surface area contributed by atoms with Crippen LogP contribution < -0.4 is 0 Å². The fourth-order valence-corrected chi connectivity index (χ4v) is 2.17. The van der Waals surface area contributed by atoms with Crippen molar-refractivity contribution in [2.24, 2.45) is 0 Å². The lowest BCUT2D eigenvalue weighted by Crippen LogP contribution is -2.31. The molecule has 1 saturated carbocycles. The minimum absolute atomic E-state index is 0.0762. The number of carboxylic acids is 1. The molecule has 4 nitrogen and oxygen atoms in total. The average Bonchev–Trinajstić information content (AvgIpc) is 2.70. The molecule has 11 heavy (non-hydrogen) atoms. The van der Waals surface area contributed by atoms with E-state index >= 15 is 0 Å². The van der Waals surface area contributed by atoms with Gasteiger partial charge in [0.1, 0.15) is 6.10 Å². The second kappa shape index (κ2) is 1.32. The maximum Gasteiger partial charge on any atom is 0.341 e. The Balaban J connectivity index is 1.97. The standard InChI is InChI=1S/C7H8O4/c8-5(9)6-3-1-2-4-7(6,10-4)11-6/h4H,1-3H2,(H,8,9). The van der Waals surface area contributed by atoms with Crippen LogP contribution in [0.25, 0.3) is 0 Å². The van der Waals surface area contributed by atoms with Crippen LogP contribution in [0.1, 0.15) is 19.3 Å². The molecule has 4 heteroatoms. The third-order valence-corrected chi connectivity index (χ3v) is 2.87. The van der Waals surface area contributed by atoms with Crippen LogP contribution in [-0.4, -0.2) is 28.6 Å². The summed E-state index contributed by atoms with van der Waals surface area (Å²) in [6.45, 7) is 0. The van der Waals surface area contributed by atoms with Gasteiger partial charge in [0.25, 0.3) is 0 Å². The first-order chi connectivity index (χ1) is 5.21. The number of aliphatic carboxylic acids is 1. The number of hydrogen-bond donors (Lipinski definition) is 1. The van der Waals surface area contributed by atoms with E-state index in [4.69, 9.17) is 14.6 Å². The second-order valence-corrected chi connectivity index (χ2v) is 3.40. The molecule has 1 aliphatic carbocycles. The van der Waals surface area contributed by atoms with Gasteiger partial charge in [-0.1, -0.05) is 0 Å². The molecule has 60 valence electrons. The quantitative estimate of drug-likeness (QED) is 0.547. The van der Waals surface area contributed by atoms with Crippen LogP contribution in [0.15, 0.2) is 0 Å². The predicted molar refractivity (Wildman–Crippen MR) is 32.9 cm³/mol. The third-order valence-electron chi connectivity index (χ3n) is 2.87. The first kappa shape index (κ1) is 5.97. The molecule has 2 saturated heterocycles. The van der Waals surface area contributed by atoms with Gasteiger partial charge in [-0.25, -0.2) is 4.79 Å². The largest absolute Gasteiger partial charge is 0.479 e. The molecule has 0 radical (unpaired) electrons. The number of carbonyl (C=O) groups is 1. The molecule has 3 atom stereocenters. The molecule has 3 unspecified atom stereocenters. The van der Waals surface area contributed by atoms with E-state index in [2.05, 4.69) is 0 Å². The monoisotopic (exact) mass is 156 g/mol. The third kappa shape index (κ3) is 0.434. The number of ether oxygens (including phenoxy) is 2. The molecule has 0 bridgehead atoms. The van der Waals surface area contributed by atoms with Crippen LogP contribution in [0.3, 0.4) is 0 Å². The first-order valence-corrected chi connectivity index (χ1v) is 3.83. The molecule has 1 N–H and O–H groups in total. The van der Waals surface area contributed by atoms with Crippen LogP contribution in [0.4, 0.5) is 0 Å². The van der Waals surface area contributed by atoms with E-state index in [0.717, 1.165) is 12.8 Å². The van der Waals surface area contributed by atoms with E-state index in [1.807, 2.05) is 0 Å². The summed E-state index contributed by atoms with van der Waals surface area (Å²) in [6.07, 6.45) is 2.54. The summed E-state index contributed by atoms with van der Waals surface area (Å²) in [5, 5.41) is 8.83. The zero-order valence-corrected chi connectivity index (χ0v) is 5.87. The zero-order valence-electron chi connectivity index (χ0n) is 5.87. The van der Waals surface area contributed by atoms with Gasteiger partial charge >= 0.3 is 5.97 Å². The molecular weight excluding hydrogens is 148 g/mol. The molecular formula is C7H8O4. The van der Waals surface area contributed by atoms with Crippen molar-refractivity contribution < 1.29 is 19.4 Å². The molecule has 0 amide bonds. The zero-order chi connectivity index (χ0) is 7.69. The van der Waals surface area contributed by atoms with E-state index in [9.17, 15) is 4.79 Å². The van der Waals surface area contributed by atoms with E-state index in [1.165, 1.54) is 0 Å². The molecule has 0 aromatic rings. The van der Waals surface area contributed by atoms with Gasteiger partial charge in [0.05, 0.1) is 0 Å². The Morgan fingerprint density at radius 2 is 2.45 bits per heavy atom. The maximum atomic E-state index is 10.7. The highest BCUT2D eigenvalue weighted by atomic mass is 16.9. The molecule has 2 aliphatic heterocycles. The summed E-state index contributed by atoms with van der Waals surface area (Å²) >= 11 is 0. The number of epoxide rings is 2. The lowest BCUT2D eigenvalue weighted by atomic mass is 9.89. The number of carboxylic acid groups (broad SMARTS) is 1. The maximum absolute atomic E-state index is 10.7. The molecule has 3 rings (SSSR count). The molecule has 3 aliphatic rings. The summed E-state index contributed by atoms with van der Waals surface area (Å²) in [6, 6.07) is 0. The SMILES string of the molecule is O=C(O)C12CCCC3OC31O2. The first-order valence-electron chi connectivity index (χ1n) is 3.83. The fourth-order valence-electron chi connectivity index (χ4n) is 2.17. The lowest BCUT2D eigenvalue weighted by Gasteiger charge is -2.07. The molecule has 3 fully saturated rings. The molecule has 1 spiro atoms. The Hall–Kier alpha value is -0.610. The minimum atomic E-state index is -0.948. The fraction of sp³-hybridized carbons (Fsp3) is 0.857. The Morgan fingerprint density at radius 3 is 3.09 bits per heavy atom. The summed E-state index contributed by atoms with van der Waals surface area (Å²) in [7, 11) is 0. The minimum Gasteiger partial charge on any atom is -0.479 e. The highest BCUT2D eigenvalue weighted by Crippen LogP contribution is 2.69. The van der Waals surface area contributed by atoms with Gasteiger partial charge in [0.2, 0.25) is 11.4 Å². The van der Waals surface area contributed by atoms with Crippen molar-refractivity contribution in [2.45, 2.75) is 36.8 Å². The van der Waals surface area contributed by atoms with Crippen molar-refractivity contribution in [3.63, 3.8) is 0 Å². The van der Waals surface area contributed by atoms with Gasteiger partial charge in [-0.3, -0.25) is 0 Å². The lowest BCUT2D eigenvalue weighted by molar-refractivity contribution is -0.143. The summed E-state index contributed by atoms with van der Waals surface area (Å²) in [5.41, 5.74) is -0.948. The topological polar surface area (TPSA) is 62.4 Å². The van der Waals surface area contributed by atoms with Gasteiger partial charge in [-0.05, 0) is 19.3 Å². The Kier molecular flexibility index (Phi) is 0.715. The second-order valence-electron chi connectivity index (χ2n) is 3.40. The summed E-state index contributed by atoms with van der Waals surface area (Å²) < 4.78 is 10.4. The van der Waals surface area contributed by atoms with Crippen LogP contribution in [0.5, 0.6) is 0 Å². The molecule has 0 aromatic carbocycles. The van der Waals surface area contributed by atoms with Gasteiger partial charge < -0.3 is 14.6 Å². The predicted octanol–water partition coefficient (Wildman–Crippen LogP) is 0.119. The Labute approximate surface area is 63.1 Å².